The predicted molar refractivity (Wildman–Crippen MR) is 75.2 cm³/mol. The van der Waals surface area contributed by atoms with Crippen molar-refractivity contribution in [2.45, 2.75) is 45.5 Å². The van der Waals surface area contributed by atoms with Crippen LogP contribution in [0.3, 0.4) is 0 Å². The van der Waals surface area contributed by atoms with E-state index in [9.17, 15) is 18.3 Å². The van der Waals surface area contributed by atoms with Gasteiger partial charge in [0.1, 0.15) is 11.6 Å². The van der Waals surface area contributed by atoms with Gasteiger partial charge in [0.05, 0.1) is 11.7 Å². The Hall–Kier alpha value is -1.50. The maximum absolute atomic E-state index is 12.9. The Balaban J connectivity index is 2.24. The van der Waals surface area contributed by atoms with E-state index in [4.69, 9.17) is 0 Å². The van der Waals surface area contributed by atoms with E-state index in [1.807, 2.05) is 13.8 Å². The minimum absolute atomic E-state index is 0.0991. The predicted octanol–water partition coefficient (Wildman–Crippen LogP) is 3.10. The summed E-state index contributed by atoms with van der Waals surface area (Å²) in [5.41, 5.74) is -1.12. The number of anilines is 2. The summed E-state index contributed by atoms with van der Waals surface area (Å²) in [7, 11) is 0. The van der Waals surface area contributed by atoms with Crippen LogP contribution in [0.4, 0.5) is 24.8 Å². The van der Waals surface area contributed by atoms with Gasteiger partial charge in [-0.15, -0.1) is 0 Å². The Labute approximate surface area is 121 Å². The average molecular weight is 303 g/mol. The van der Waals surface area contributed by atoms with Crippen LogP contribution in [0.5, 0.6) is 0 Å². The molecule has 7 heteroatoms. The molecule has 4 nitrogen and oxygen atoms in total. The lowest BCUT2D eigenvalue weighted by Gasteiger charge is -2.49. The molecule has 1 aromatic rings. The van der Waals surface area contributed by atoms with Gasteiger partial charge in [-0.25, -0.2) is 4.98 Å². The summed E-state index contributed by atoms with van der Waals surface area (Å²) < 4.78 is 38.7. The van der Waals surface area contributed by atoms with Crippen LogP contribution < -0.4 is 10.6 Å². The number of nitrogens with one attached hydrogen (secondary N) is 2. The van der Waals surface area contributed by atoms with E-state index < -0.39 is 17.8 Å². The molecule has 0 spiro atoms. The molecule has 1 aliphatic carbocycles. The molecule has 1 fully saturated rings. The SMILES string of the molecule is CCNc1cc(C(F)(F)F)cc(NC2CC(O)C2(C)C)n1. The first-order chi connectivity index (χ1) is 9.64. The van der Waals surface area contributed by atoms with Crippen LogP contribution in [-0.2, 0) is 6.18 Å². The molecule has 1 aliphatic rings. The number of rotatable bonds is 4. The smallest absolute Gasteiger partial charge is 0.392 e. The summed E-state index contributed by atoms with van der Waals surface area (Å²) in [6.07, 6.45) is -4.37. The van der Waals surface area contributed by atoms with Gasteiger partial charge in [0.25, 0.3) is 0 Å². The van der Waals surface area contributed by atoms with E-state index in [0.29, 0.717) is 13.0 Å². The standard InChI is InChI=1S/C14H20F3N3O/c1-4-18-11-5-8(14(15,16)17)6-12(20-11)19-9-7-10(21)13(9,2)3/h5-6,9-10,21H,4,7H2,1-3H3,(H2,18,19,20). The number of aliphatic hydroxyl groups excluding tert-OH is 1. The summed E-state index contributed by atoms with van der Waals surface area (Å²) in [4.78, 5) is 4.15. The van der Waals surface area contributed by atoms with Gasteiger partial charge >= 0.3 is 6.18 Å². The van der Waals surface area contributed by atoms with Gasteiger partial charge in [0, 0.05) is 18.0 Å². The molecule has 0 aliphatic heterocycles. The molecule has 1 saturated carbocycles. The Morgan fingerprint density at radius 3 is 2.43 bits per heavy atom. The van der Waals surface area contributed by atoms with Crippen molar-refractivity contribution in [2.24, 2.45) is 5.41 Å². The van der Waals surface area contributed by atoms with Gasteiger partial charge in [0.2, 0.25) is 0 Å². The van der Waals surface area contributed by atoms with Crippen molar-refractivity contribution in [3.8, 4) is 0 Å². The highest BCUT2D eigenvalue weighted by Crippen LogP contribution is 2.42. The molecule has 0 bridgehead atoms. The number of nitrogens with zero attached hydrogens (tertiary/aromatic N) is 1. The van der Waals surface area contributed by atoms with Gasteiger partial charge in [-0.05, 0) is 25.5 Å². The number of alkyl halides is 3. The summed E-state index contributed by atoms with van der Waals surface area (Å²) in [5, 5.41) is 15.5. The van der Waals surface area contributed by atoms with Crippen LogP contribution >= 0.6 is 0 Å². The maximum Gasteiger partial charge on any atom is 0.416 e. The number of aliphatic hydroxyl groups is 1. The highest BCUT2D eigenvalue weighted by atomic mass is 19.4. The van der Waals surface area contributed by atoms with Crippen LogP contribution in [0.2, 0.25) is 0 Å². The van der Waals surface area contributed by atoms with Crippen molar-refractivity contribution >= 4 is 11.6 Å². The largest absolute Gasteiger partial charge is 0.416 e. The number of halogens is 3. The first-order valence-electron chi connectivity index (χ1n) is 6.92. The number of hydrogen-bond donors (Lipinski definition) is 3. The fraction of sp³-hybridized carbons (Fsp3) is 0.643. The van der Waals surface area contributed by atoms with Gasteiger partial charge in [0.15, 0.2) is 0 Å². The minimum atomic E-state index is -4.42. The Morgan fingerprint density at radius 2 is 1.95 bits per heavy atom. The van der Waals surface area contributed by atoms with Crippen LogP contribution in [0.1, 0.15) is 32.8 Å². The van der Waals surface area contributed by atoms with Crippen molar-refractivity contribution in [1.29, 1.82) is 0 Å². The molecule has 118 valence electrons. The zero-order chi connectivity index (χ0) is 15.8. The number of pyridine rings is 1. The van der Waals surface area contributed by atoms with Crippen LogP contribution in [0.15, 0.2) is 12.1 Å². The molecule has 1 aromatic heterocycles. The molecule has 21 heavy (non-hydrogen) atoms. The summed E-state index contributed by atoms with van der Waals surface area (Å²) in [6.45, 7) is 6.02. The second-order valence-corrected chi connectivity index (χ2v) is 5.92. The maximum atomic E-state index is 12.9. The molecular weight excluding hydrogens is 283 g/mol. The third-order valence-electron chi connectivity index (χ3n) is 4.05. The van der Waals surface area contributed by atoms with Crippen molar-refractivity contribution < 1.29 is 18.3 Å². The zero-order valence-electron chi connectivity index (χ0n) is 12.3. The fourth-order valence-corrected chi connectivity index (χ4v) is 2.37. The lowest BCUT2D eigenvalue weighted by Crippen LogP contribution is -2.57. The molecule has 2 unspecified atom stereocenters. The average Bonchev–Trinajstić information content (AvgIpc) is 2.37. The van der Waals surface area contributed by atoms with Gasteiger partial charge < -0.3 is 15.7 Å². The van der Waals surface area contributed by atoms with Crippen LogP contribution in [-0.4, -0.2) is 28.8 Å². The van der Waals surface area contributed by atoms with Crippen LogP contribution in [0.25, 0.3) is 0 Å². The second-order valence-electron chi connectivity index (χ2n) is 5.92. The molecule has 0 saturated heterocycles. The molecule has 0 radical (unpaired) electrons. The molecule has 1 heterocycles. The monoisotopic (exact) mass is 303 g/mol. The molecule has 3 N–H and O–H groups in total. The van der Waals surface area contributed by atoms with Crippen molar-refractivity contribution in [3.63, 3.8) is 0 Å². The first-order valence-corrected chi connectivity index (χ1v) is 6.92. The van der Waals surface area contributed by atoms with Crippen molar-refractivity contribution in [3.05, 3.63) is 17.7 Å². The zero-order valence-corrected chi connectivity index (χ0v) is 12.3. The van der Waals surface area contributed by atoms with Gasteiger partial charge in [-0.2, -0.15) is 13.2 Å². The molecular formula is C14H20F3N3O. The van der Waals surface area contributed by atoms with Crippen LogP contribution in [0, 0.1) is 5.41 Å². The van der Waals surface area contributed by atoms with E-state index >= 15 is 0 Å². The Kier molecular flexibility index (Phi) is 4.06. The van der Waals surface area contributed by atoms with E-state index in [2.05, 4.69) is 15.6 Å². The third-order valence-corrected chi connectivity index (χ3v) is 4.05. The van der Waals surface area contributed by atoms with Crippen molar-refractivity contribution in [2.75, 3.05) is 17.2 Å². The fourth-order valence-electron chi connectivity index (χ4n) is 2.37. The van der Waals surface area contributed by atoms with E-state index in [0.717, 1.165) is 12.1 Å². The highest BCUT2D eigenvalue weighted by molar-refractivity contribution is 5.50. The lowest BCUT2D eigenvalue weighted by atomic mass is 9.64. The Morgan fingerprint density at radius 1 is 1.33 bits per heavy atom. The highest BCUT2D eigenvalue weighted by Gasteiger charge is 2.47. The van der Waals surface area contributed by atoms with E-state index in [1.54, 1.807) is 6.92 Å². The molecule has 0 aromatic carbocycles. The molecule has 2 atom stereocenters. The topological polar surface area (TPSA) is 57.2 Å². The second kappa shape index (κ2) is 5.36. The quantitative estimate of drug-likeness (QED) is 0.800. The van der Waals surface area contributed by atoms with Gasteiger partial charge in [-0.1, -0.05) is 13.8 Å². The number of aromatic nitrogens is 1. The first kappa shape index (κ1) is 15.9. The Bertz CT molecular complexity index is 517. The third kappa shape index (κ3) is 3.23. The minimum Gasteiger partial charge on any atom is -0.392 e. The summed E-state index contributed by atoms with van der Waals surface area (Å²) >= 11 is 0. The van der Waals surface area contributed by atoms with E-state index in [1.165, 1.54) is 0 Å². The molecule has 2 rings (SSSR count). The number of hydrogen-bond acceptors (Lipinski definition) is 4. The normalized spacial score (nSPS) is 24.3. The molecule has 0 amide bonds. The summed E-state index contributed by atoms with van der Waals surface area (Å²) in [5.74, 6) is 0.359. The van der Waals surface area contributed by atoms with Crippen molar-refractivity contribution in [1.82, 2.24) is 4.98 Å². The van der Waals surface area contributed by atoms with Gasteiger partial charge in [-0.3, -0.25) is 0 Å². The lowest BCUT2D eigenvalue weighted by molar-refractivity contribution is -0.137. The van der Waals surface area contributed by atoms with E-state index in [-0.39, 0.29) is 23.1 Å². The summed E-state index contributed by atoms with van der Waals surface area (Å²) in [6, 6.07) is 1.90.